The molecule has 0 unspecified atom stereocenters. The Bertz CT molecular complexity index is 1800. The minimum Gasteiger partial charge on any atom is -0.352 e. The largest absolute Gasteiger partial charge is 0.352 e. The molecule has 0 aromatic heterocycles. The van der Waals surface area contributed by atoms with Crippen LogP contribution in [0.15, 0.2) is 95.9 Å². The molecule has 0 aliphatic carbocycles. The maximum Gasteiger partial charge on any atom is 0.264 e. The van der Waals surface area contributed by atoms with Crippen molar-refractivity contribution in [2.24, 2.45) is 0 Å². The Morgan fingerprint density at radius 3 is 2.09 bits per heavy atom. The number of anilines is 1. The fraction of sp³-hybridized carbons (Fsp3) is 0.257. The normalized spacial score (nSPS) is 12.1. The van der Waals surface area contributed by atoms with E-state index in [4.69, 9.17) is 34.8 Å². The third-order valence-corrected chi connectivity index (χ3v) is 9.98. The first-order chi connectivity index (χ1) is 21.8. The zero-order chi connectivity index (χ0) is 33.6. The average Bonchev–Trinajstić information content (AvgIpc) is 3.00. The molecule has 7 nitrogen and oxygen atoms in total. The second-order valence-electron chi connectivity index (χ2n) is 11.4. The summed E-state index contributed by atoms with van der Waals surface area (Å²) < 4.78 is 29.6. The molecular weight excluding hydrogens is 665 g/mol. The number of nitrogens with one attached hydrogen (secondary N) is 1. The zero-order valence-corrected chi connectivity index (χ0v) is 29.1. The number of benzene rings is 4. The number of nitrogens with zero attached hydrogens (tertiary/aromatic N) is 2. The smallest absolute Gasteiger partial charge is 0.264 e. The van der Waals surface area contributed by atoms with Crippen LogP contribution in [0.4, 0.5) is 5.69 Å². The van der Waals surface area contributed by atoms with E-state index in [2.05, 4.69) is 5.32 Å². The minimum absolute atomic E-state index is 0.0101. The van der Waals surface area contributed by atoms with Gasteiger partial charge >= 0.3 is 0 Å². The van der Waals surface area contributed by atoms with E-state index in [9.17, 15) is 18.0 Å². The van der Waals surface area contributed by atoms with Gasteiger partial charge in [-0.3, -0.25) is 13.9 Å². The topological polar surface area (TPSA) is 86.8 Å². The van der Waals surface area contributed by atoms with E-state index in [0.29, 0.717) is 26.2 Å². The zero-order valence-electron chi connectivity index (χ0n) is 26.0. The third-order valence-electron chi connectivity index (χ3n) is 7.39. The molecule has 1 N–H and O–H groups in total. The van der Waals surface area contributed by atoms with Crippen LogP contribution in [0.25, 0.3) is 0 Å². The molecule has 11 heteroatoms. The van der Waals surface area contributed by atoms with E-state index in [-0.39, 0.29) is 35.5 Å². The van der Waals surface area contributed by atoms with E-state index in [0.717, 1.165) is 15.4 Å². The maximum atomic E-state index is 14.6. The van der Waals surface area contributed by atoms with E-state index in [1.807, 2.05) is 51.1 Å². The highest BCUT2D eigenvalue weighted by molar-refractivity contribution is 7.92. The monoisotopic (exact) mass is 699 g/mol. The molecule has 0 saturated carbocycles. The second-order valence-corrected chi connectivity index (χ2v) is 14.5. The van der Waals surface area contributed by atoms with Gasteiger partial charge in [0.25, 0.3) is 10.0 Å². The van der Waals surface area contributed by atoms with Crippen LogP contribution in [-0.2, 0) is 32.6 Å². The lowest BCUT2D eigenvalue weighted by Gasteiger charge is -2.34. The summed E-state index contributed by atoms with van der Waals surface area (Å²) in [7, 11) is -4.27. The van der Waals surface area contributed by atoms with Crippen molar-refractivity contribution >= 4 is 62.3 Å². The number of carbonyl (C=O) groups is 2. The summed E-state index contributed by atoms with van der Waals surface area (Å²) in [5.41, 5.74) is 3.09. The highest BCUT2D eigenvalue weighted by Gasteiger charge is 2.35. The number of amides is 2. The van der Waals surface area contributed by atoms with Crippen molar-refractivity contribution in [2.45, 2.75) is 57.6 Å². The van der Waals surface area contributed by atoms with Crippen molar-refractivity contribution in [1.29, 1.82) is 0 Å². The lowest BCUT2D eigenvalue weighted by Crippen LogP contribution is -2.54. The Kier molecular flexibility index (Phi) is 11.8. The van der Waals surface area contributed by atoms with Crippen LogP contribution in [0, 0.1) is 13.8 Å². The Morgan fingerprint density at radius 2 is 1.46 bits per heavy atom. The second kappa shape index (κ2) is 15.4. The molecule has 0 spiro atoms. The van der Waals surface area contributed by atoms with Gasteiger partial charge in [-0.1, -0.05) is 95.0 Å². The van der Waals surface area contributed by atoms with E-state index in [1.165, 1.54) is 23.1 Å². The first kappa shape index (κ1) is 35.3. The van der Waals surface area contributed by atoms with E-state index < -0.39 is 28.5 Å². The summed E-state index contributed by atoms with van der Waals surface area (Å²) in [6, 6.07) is 24.2. The first-order valence-corrected chi connectivity index (χ1v) is 17.3. The van der Waals surface area contributed by atoms with Crippen LogP contribution < -0.4 is 9.62 Å². The summed E-state index contributed by atoms with van der Waals surface area (Å²) >= 11 is 19.1. The number of hydrogen-bond donors (Lipinski definition) is 1. The van der Waals surface area contributed by atoms with Crippen LogP contribution in [0.3, 0.4) is 0 Å². The Hall–Kier alpha value is -3.56. The molecule has 0 bridgehead atoms. The van der Waals surface area contributed by atoms with Gasteiger partial charge in [0.1, 0.15) is 12.6 Å². The number of carbonyl (C=O) groups excluding carboxylic acids is 2. The van der Waals surface area contributed by atoms with Gasteiger partial charge in [-0.2, -0.15) is 0 Å². The summed E-state index contributed by atoms with van der Waals surface area (Å²) in [6.07, 6.45) is 0.178. The standard InChI is InChI=1S/C35H36Cl3N3O4S/c1-23(2)39-35(43)33(18-26-8-6-5-7-9-26)40(21-27-13-15-28(36)19-31(27)38)34(42)22-41(32-20-29(37)14-12-25(32)4)46(44,45)30-16-10-24(3)11-17-30/h5-17,19-20,23,33H,18,21-22H2,1-4H3,(H,39,43)/t33-/m0/s1. The Labute approximate surface area is 286 Å². The van der Waals surface area contributed by atoms with Gasteiger partial charge in [0.15, 0.2) is 0 Å². The number of hydrogen-bond acceptors (Lipinski definition) is 4. The van der Waals surface area contributed by atoms with Gasteiger partial charge in [0.2, 0.25) is 11.8 Å². The quantitative estimate of drug-likeness (QED) is 0.165. The van der Waals surface area contributed by atoms with Crippen molar-refractivity contribution in [3.63, 3.8) is 0 Å². The van der Waals surface area contributed by atoms with Gasteiger partial charge in [-0.15, -0.1) is 0 Å². The first-order valence-electron chi connectivity index (χ1n) is 14.7. The summed E-state index contributed by atoms with van der Waals surface area (Å²) in [6.45, 7) is 6.57. The fourth-order valence-corrected chi connectivity index (χ4v) is 7.08. The van der Waals surface area contributed by atoms with Crippen LogP contribution >= 0.6 is 34.8 Å². The highest BCUT2D eigenvalue weighted by Crippen LogP contribution is 2.31. The predicted molar refractivity (Wildman–Crippen MR) is 186 cm³/mol. The van der Waals surface area contributed by atoms with Crippen LogP contribution in [0.5, 0.6) is 0 Å². The van der Waals surface area contributed by atoms with Crippen LogP contribution in [0.1, 0.15) is 36.1 Å². The fourth-order valence-electron chi connectivity index (χ4n) is 4.97. The SMILES string of the molecule is Cc1ccc(S(=O)(=O)N(CC(=O)N(Cc2ccc(Cl)cc2Cl)[C@@H](Cc2ccccc2)C(=O)NC(C)C)c2cc(Cl)ccc2C)cc1. The molecule has 0 heterocycles. The van der Waals surface area contributed by atoms with Gasteiger partial charge in [-0.25, -0.2) is 8.42 Å². The summed E-state index contributed by atoms with van der Waals surface area (Å²) in [4.78, 5) is 29.8. The van der Waals surface area contributed by atoms with Gasteiger partial charge in [-0.05, 0) is 80.8 Å². The lowest BCUT2D eigenvalue weighted by atomic mass is 10.0. The molecule has 0 saturated heterocycles. The molecular formula is C35H36Cl3N3O4S. The number of sulfonamides is 1. The molecule has 0 fully saturated rings. The number of aryl methyl sites for hydroxylation is 2. The summed E-state index contributed by atoms with van der Waals surface area (Å²) in [5.74, 6) is -0.995. The van der Waals surface area contributed by atoms with Crippen molar-refractivity contribution in [3.8, 4) is 0 Å². The highest BCUT2D eigenvalue weighted by atomic mass is 35.5. The van der Waals surface area contributed by atoms with Crippen LogP contribution in [0.2, 0.25) is 15.1 Å². The lowest BCUT2D eigenvalue weighted by molar-refractivity contribution is -0.140. The Morgan fingerprint density at radius 1 is 0.826 bits per heavy atom. The molecule has 242 valence electrons. The average molecular weight is 701 g/mol. The van der Waals surface area contributed by atoms with Crippen molar-refractivity contribution < 1.29 is 18.0 Å². The molecule has 4 rings (SSSR count). The van der Waals surface area contributed by atoms with E-state index >= 15 is 0 Å². The maximum absolute atomic E-state index is 14.6. The molecule has 1 atom stereocenters. The number of halogens is 3. The molecule has 46 heavy (non-hydrogen) atoms. The number of rotatable bonds is 12. The molecule has 0 aliphatic rings. The van der Waals surface area contributed by atoms with Gasteiger partial charge in [0.05, 0.1) is 10.6 Å². The van der Waals surface area contributed by atoms with E-state index in [1.54, 1.807) is 49.4 Å². The summed E-state index contributed by atoms with van der Waals surface area (Å²) in [5, 5.41) is 3.96. The van der Waals surface area contributed by atoms with Gasteiger partial charge in [0, 0.05) is 34.1 Å². The van der Waals surface area contributed by atoms with Crippen LogP contribution in [-0.4, -0.2) is 43.8 Å². The van der Waals surface area contributed by atoms with Gasteiger partial charge < -0.3 is 10.2 Å². The van der Waals surface area contributed by atoms with Crippen molar-refractivity contribution in [2.75, 3.05) is 10.8 Å². The molecule has 4 aromatic carbocycles. The predicted octanol–water partition coefficient (Wildman–Crippen LogP) is 7.62. The molecule has 4 aromatic rings. The molecule has 0 aliphatic heterocycles. The molecule has 0 radical (unpaired) electrons. The minimum atomic E-state index is -4.27. The van der Waals surface area contributed by atoms with Crippen molar-refractivity contribution in [1.82, 2.24) is 10.2 Å². The third kappa shape index (κ3) is 8.82. The van der Waals surface area contributed by atoms with Crippen molar-refractivity contribution in [3.05, 3.63) is 128 Å². The molecule has 2 amide bonds. The Balaban J connectivity index is 1.86.